The number of hydrogen-bond donors (Lipinski definition) is 2. The van der Waals surface area contributed by atoms with Gasteiger partial charge in [-0.1, -0.05) is 42.5 Å². The molecular formula is C26H30N4O2S. The molecule has 2 amide bonds. The Balaban J connectivity index is 1.45. The smallest absolute Gasteiger partial charge is 0.309 e. The first kappa shape index (κ1) is 23.0. The van der Waals surface area contributed by atoms with E-state index in [4.69, 9.17) is 0 Å². The molecule has 4 rings (SSSR count). The van der Waals surface area contributed by atoms with E-state index >= 15 is 0 Å². The molecule has 1 aliphatic rings. The van der Waals surface area contributed by atoms with Crippen molar-refractivity contribution in [2.45, 2.75) is 25.6 Å². The van der Waals surface area contributed by atoms with Gasteiger partial charge in [-0.2, -0.15) is 0 Å². The molecule has 0 radical (unpaired) electrons. The molecule has 0 unspecified atom stereocenters. The van der Waals surface area contributed by atoms with Gasteiger partial charge in [0.2, 0.25) is 0 Å². The Morgan fingerprint density at radius 2 is 1.70 bits per heavy atom. The summed E-state index contributed by atoms with van der Waals surface area (Å²) >= 11 is 1.55. The molecule has 7 heteroatoms. The van der Waals surface area contributed by atoms with E-state index in [1.807, 2.05) is 31.6 Å². The lowest BCUT2D eigenvalue weighted by Crippen LogP contribution is -2.45. The van der Waals surface area contributed by atoms with Crippen molar-refractivity contribution in [3.63, 3.8) is 0 Å². The maximum absolute atomic E-state index is 12.5. The third-order valence-electron chi connectivity index (χ3n) is 6.06. The highest BCUT2D eigenvalue weighted by Gasteiger charge is 2.26. The van der Waals surface area contributed by atoms with Crippen LogP contribution in [0.3, 0.4) is 0 Å². The summed E-state index contributed by atoms with van der Waals surface area (Å²) in [5.41, 5.74) is 4.95. The average molecular weight is 463 g/mol. The Morgan fingerprint density at radius 3 is 2.39 bits per heavy atom. The van der Waals surface area contributed by atoms with Crippen molar-refractivity contribution in [2.24, 2.45) is 0 Å². The highest BCUT2D eigenvalue weighted by molar-refractivity contribution is 7.09. The van der Waals surface area contributed by atoms with Gasteiger partial charge < -0.3 is 15.5 Å². The molecule has 0 fully saturated rings. The van der Waals surface area contributed by atoms with Crippen molar-refractivity contribution in [2.75, 3.05) is 32.1 Å². The van der Waals surface area contributed by atoms with Crippen molar-refractivity contribution in [3.8, 4) is 0 Å². The van der Waals surface area contributed by atoms with Crippen LogP contribution in [0.2, 0.25) is 0 Å². The monoisotopic (exact) mass is 462 g/mol. The fourth-order valence-corrected chi connectivity index (χ4v) is 4.81. The molecule has 2 N–H and O–H groups in total. The molecule has 33 heavy (non-hydrogen) atoms. The second-order valence-corrected chi connectivity index (χ2v) is 9.50. The molecule has 0 spiro atoms. The molecule has 0 saturated heterocycles. The minimum absolute atomic E-state index is 0.0244. The Bertz CT molecular complexity index is 1080. The Hall–Kier alpha value is -3.16. The lowest BCUT2D eigenvalue weighted by molar-refractivity contribution is -0.139. The van der Waals surface area contributed by atoms with Gasteiger partial charge >= 0.3 is 11.8 Å². The fourth-order valence-electron chi connectivity index (χ4n) is 4.17. The molecule has 6 nitrogen and oxygen atoms in total. The number of carbonyl (C=O) groups is 2. The summed E-state index contributed by atoms with van der Waals surface area (Å²) in [4.78, 5) is 30.3. The van der Waals surface area contributed by atoms with Crippen molar-refractivity contribution in [1.82, 2.24) is 15.5 Å². The predicted molar refractivity (Wildman–Crippen MR) is 133 cm³/mol. The predicted octanol–water partition coefficient (Wildman–Crippen LogP) is 3.35. The van der Waals surface area contributed by atoms with Gasteiger partial charge in [-0.05, 0) is 46.7 Å². The van der Waals surface area contributed by atoms with Gasteiger partial charge in [0.15, 0.2) is 0 Å². The summed E-state index contributed by atoms with van der Waals surface area (Å²) in [7, 11) is 4.03. The van der Waals surface area contributed by atoms with Crippen LogP contribution in [0.4, 0.5) is 5.69 Å². The number of hydrogen-bond acceptors (Lipinski definition) is 5. The third-order valence-corrected chi connectivity index (χ3v) is 6.94. The number of carbonyl (C=O) groups excluding carboxylic acids is 2. The summed E-state index contributed by atoms with van der Waals surface area (Å²) < 4.78 is 0. The molecule has 3 aromatic rings. The van der Waals surface area contributed by atoms with E-state index in [0.717, 1.165) is 35.6 Å². The van der Waals surface area contributed by atoms with Crippen molar-refractivity contribution in [3.05, 3.63) is 87.6 Å². The van der Waals surface area contributed by atoms with Gasteiger partial charge in [-0.15, -0.1) is 11.3 Å². The van der Waals surface area contributed by atoms with Crippen LogP contribution in [-0.2, 0) is 29.1 Å². The summed E-state index contributed by atoms with van der Waals surface area (Å²) in [6, 6.07) is 20.8. The lowest BCUT2D eigenvalue weighted by Gasteiger charge is -2.36. The number of fused-ring (bicyclic) bond motifs is 1. The second-order valence-electron chi connectivity index (χ2n) is 8.46. The number of nitrogens with zero attached hydrogens (tertiary/aromatic N) is 2. The normalized spacial score (nSPS) is 14.2. The number of thiophene rings is 1. The number of amides is 2. The maximum Gasteiger partial charge on any atom is 0.309 e. The van der Waals surface area contributed by atoms with E-state index in [2.05, 4.69) is 69.0 Å². The van der Waals surface area contributed by atoms with Crippen molar-refractivity contribution < 1.29 is 9.59 Å². The van der Waals surface area contributed by atoms with E-state index in [0.29, 0.717) is 13.1 Å². The Morgan fingerprint density at radius 1 is 0.970 bits per heavy atom. The van der Waals surface area contributed by atoms with Gasteiger partial charge in [0.1, 0.15) is 0 Å². The summed E-state index contributed by atoms with van der Waals surface area (Å²) in [5, 5.41) is 7.52. The van der Waals surface area contributed by atoms with Crippen molar-refractivity contribution in [1.29, 1.82) is 0 Å². The van der Waals surface area contributed by atoms with Gasteiger partial charge in [0.25, 0.3) is 0 Å². The van der Waals surface area contributed by atoms with Crippen molar-refractivity contribution >= 4 is 28.8 Å². The standard InChI is InChI=1S/C26H30N4O2S/c1-29(2)22-11-9-20(10-12-22)24(30-14-13-19-6-3-4-7-21(19)18-30)17-28-26(32)25(31)27-16-23-8-5-15-33-23/h3-12,15,24H,13-14,16-18H2,1-2H3,(H,27,31)(H,28,32)/t24-/m1/s1. The molecule has 1 atom stereocenters. The Labute approximate surface area is 199 Å². The molecule has 172 valence electrons. The number of nitrogens with one attached hydrogen (secondary N) is 2. The van der Waals surface area contributed by atoms with Crippen LogP contribution in [0.1, 0.15) is 27.6 Å². The number of rotatable bonds is 7. The molecule has 2 aromatic carbocycles. The van der Waals surface area contributed by atoms with E-state index in [-0.39, 0.29) is 6.04 Å². The minimum atomic E-state index is -0.603. The molecule has 1 aromatic heterocycles. The highest BCUT2D eigenvalue weighted by Crippen LogP contribution is 2.28. The molecule has 1 aliphatic heterocycles. The SMILES string of the molecule is CN(C)c1ccc([C@@H](CNC(=O)C(=O)NCc2cccs2)N2CCc3ccccc3C2)cc1. The topological polar surface area (TPSA) is 64.7 Å². The lowest BCUT2D eigenvalue weighted by atomic mass is 9.96. The van der Waals surface area contributed by atoms with Crippen LogP contribution in [-0.4, -0.2) is 43.9 Å². The van der Waals surface area contributed by atoms with E-state index in [1.165, 1.54) is 11.1 Å². The minimum Gasteiger partial charge on any atom is -0.378 e. The molecule has 0 bridgehead atoms. The van der Waals surface area contributed by atoms with Gasteiger partial charge in [-0.3, -0.25) is 14.5 Å². The van der Waals surface area contributed by atoms with Crippen LogP contribution < -0.4 is 15.5 Å². The number of benzene rings is 2. The van der Waals surface area contributed by atoms with Crippen LogP contribution >= 0.6 is 11.3 Å². The van der Waals surface area contributed by atoms with E-state index in [9.17, 15) is 9.59 Å². The molecule has 0 saturated carbocycles. The summed E-state index contributed by atoms with van der Waals surface area (Å²) in [6.45, 7) is 2.45. The Kier molecular flexibility index (Phi) is 7.42. The molecular weight excluding hydrogens is 432 g/mol. The first-order valence-electron chi connectivity index (χ1n) is 11.2. The summed E-state index contributed by atoms with van der Waals surface area (Å²) in [5.74, 6) is -1.20. The highest BCUT2D eigenvalue weighted by atomic mass is 32.1. The van der Waals surface area contributed by atoms with Crippen LogP contribution in [0.25, 0.3) is 0 Å². The quantitative estimate of drug-likeness (QED) is 0.529. The van der Waals surface area contributed by atoms with Gasteiger partial charge in [-0.25, -0.2) is 0 Å². The zero-order valence-electron chi connectivity index (χ0n) is 19.1. The van der Waals surface area contributed by atoms with Crippen LogP contribution in [0.15, 0.2) is 66.0 Å². The average Bonchev–Trinajstić information content (AvgIpc) is 3.36. The third kappa shape index (κ3) is 5.80. The van der Waals surface area contributed by atoms with Crippen LogP contribution in [0.5, 0.6) is 0 Å². The maximum atomic E-state index is 12.5. The van der Waals surface area contributed by atoms with Crippen LogP contribution in [0, 0.1) is 0 Å². The zero-order valence-corrected chi connectivity index (χ0v) is 19.9. The first-order chi connectivity index (χ1) is 16.0. The molecule has 2 heterocycles. The molecule has 0 aliphatic carbocycles. The first-order valence-corrected chi connectivity index (χ1v) is 12.1. The zero-order chi connectivity index (χ0) is 23.2. The second kappa shape index (κ2) is 10.6. The summed E-state index contributed by atoms with van der Waals surface area (Å²) in [6.07, 6.45) is 0.970. The largest absolute Gasteiger partial charge is 0.378 e. The van der Waals surface area contributed by atoms with Gasteiger partial charge in [0, 0.05) is 44.3 Å². The van der Waals surface area contributed by atoms with E-state index in [1.54, 1.807) is 11.3 Å². The van der Waals surface area contributed by atoms with Gasteiger partial charge in [0.05, 0.1) is 12.6 Å². The number of anilines is 1. The fraction of sp³-hybridized carbons (Fsp3) is 0.308. The van der Waals surface area contributed by atoms with E-state index < -0.39 is 11.8 Å².